The zero-order valence-corrected chi connectivity index (χ0v) is 11.3. The molecule has 1 atom stereocenters. The fourth-order valence-corrected chi connectivity index (χ4v) is 2.59. The maximum Gasteiger partial charge on any atom is 0.304 e. The fourth-order valence-electron chi connectivity index (χ4n) is 2.59. The molecule has 5 heteroatoms. The van der Waals surface area contributed by atoms with E-state index in [1.165, 1.54) is 0 Å². The Morgan fingerprint density at radius 1 is 1.37 bits per heavy atom. The van der Waals surface area contributed by atoms with Crippen LogP contribution in [0.25, 0.3) is 0 Å². The highest BCUT2D eigenvalue weighted by atomic mass is 16.4. The summed E-state index contributed by atoms with van der Waals surface area (Å²) in [5.74, 6) is 0.299. The van der Waals surface area contributed by atoms with Gasteiger partial charge < -0.3 is 10.0 Å². The lowest BCUT2D eigenvalue weighted by atomic mass is 10.1. The normalized spacial score (nSPS) is 18.3. The van der Waals surface area contributed by atoms with Crippen molar-refractivity contribution in [1.29, 1.82) is 0 Å². The SMILES string of the molecule is CCC(CC(=O)O)N1CCN(c2ccccn2)CC1. The van der Waals surface area contributed by atoms with Crippen molar-refractivity contribution < 1.29 is 9.90 Å². The molecule has 0 amide bonds. The molecule has 1 aliphatic rings. The van der Waals surface area contributed by atoms with Gasteiger partial charge in [0, 0.05) is 38.4 Å². The zero-order chi connectivity index (χ0) is 13.7. The van der Waals surface area contributed by atoms with Gasteiger partial charge in [0.1, 0.15) is 5.82 Å². The van der Waals surface area contributed by atoms with Crippen molar-refractivity contribution in [3.63, 3.8) is 0 Å². The summed E-state index contributed by atoms with van der Waals surface area (Å²) in [5.41, 5.74) is 0. The Labute approximate surface area is 113 Å². The number of carboxylic acid groups (broad SMARTS) is 1. The predicted molar refractivity (Wildman–Crippen MR) is 74.4 cm³/mol. The molecule has 0 bridgehead atoms. The molecule has 1 aliphatic heterocycles. The van der Waals surface area contributed by atoms with Gasteiger partial charge in [0.25, 0.3) is 0 Å². The van der Waals surface area contributed by atoms with Gasteiger partial charge in [0.2, 0.25) is 0 Å². The van der Waals surface area contributed by atoms with Crippen molar-refractivity contribution in [3.8, 4) is 0 Å². The molecule has 2 rings (SSSR count). The summed E-state index contributed by atoms with van der Waals surface area (Å²) in [4.78, 5) is 19.7. The van der Waals surface area contributed by atoms with E-state index in [1.54, 1.807) is 6.20 Å². The number of hydrogen-bond acceptors (Lipinski definition) is 4. The summed E-state index contributed by atoms with van der Waals surface area (Å²) in [6, 6.07) is 6.08. The number of carboxylic acids is 1. The molecule has 0 radical (unpaired) electrons. The first-order valence-electron chi connectivity index (χ1n) is 6.82. The van der Waals surface area contributed by atoms with Crippen LogP contribution in [0.15, 0.2) is 24.4 Å². The minimum Gasteiger partial charge on any atom is -0.481 e. The van der Waals surface area contributed by atoms with Crippen LogP contribution in [-0.2, 0) is 4.79 Å². The fraction of sp³-hybridized carbons (Fsp3) is 0.571. The molecule has 1 aromatic rings. The molecule has 5 nitrogen and oxygen atoms in total. The molecule has 1 unspecified atom stereocenters. The van der Waals surface area contributed by atoms with Gasteiger partial charge in [-0.15, -0.1) is 0 Å². The third kappa shape index (κ3) is 3.67. The third-order valence-corrected chi connectivity index (χ3v) is 3.69. The van der Waals surface area contributed by atoms with E-state index in [0.29, 0.717) is 0 Å². The van der Waals surface area contributed by atoms with Gasteiger partial charge in [-0.05, 0) is 18.6 Å². The molecule has 0 spiro atoms. The number of hydrogen-bond donors (Lipinski definition) is 1. The third-order valence-electron chi connectivity index (χ3n) is 3.69. The van der Waals surface area contributed by atoms with Crippen molar-refractivity contribution in [2.75, 3.05) is 31.1 Å². The number of pyridine rings is 1. The Hall–Kier alpha value is -1.62. The van der Waals surface area contributed by atoms with Crippen LogP contribution in [0.3, 0.4) is 0 Å². The van der Waals surface area contributed by atoms with E-state index in [9.17, 15) is 4.79 Å². The molecule has 1 saturated heterocycles. The number of carbonyl (C=O) groups is 1. The standard InChI is InChI=1S/C14H21N3O2/c1-2-12(11-14(18)19)16-7-9-17(10-8-16)13-5-3-4-6-15-13/h3-6,12H,2,7-11H2,1H3,(H,18,19). The topological polar surface area (TPSA) is 56.7 Å². The number of aromatic nitrogens is 1. The number of anilines is 1. The number of aliphatic carboxylic acids is 1. The second-order valence-electron chi connectivity index (χ2n) is 4.87. The molecule has 1 fully saturated rings. The summed E-state index contributed by atoms with van der Waals surface area (Å²) in [6.07, 6.45) is 2.93. The Balaban J connectivity index is 1.89. The summed E-state index contributed by atoms with van der Waals surface area (Å²) in [7, 11) is 0. The highest BCUT2D eigenvalue weighted by Crippen LogP contribution is 2.16. The van der Waals surface area contributed by atoms with Gasteiger partial charge in [-0.3, -0.25) is 9.69 Å². The molecule has 0 aliphatic carbocycles. The van der Waals surface area contributed by atoms with E-state index in [0.717, 1.165) is 38.4 Å². The van der Waals surface area contributed by atoms with Crippen molar-refractivity contribution in [2.24, 2.45) is 0 Å². The lowest BCUT2D eigenvalue weighted by Gasteiger charge is -2.39. The van der Waals surface area contributed by atoms with Gasteiger partial charge in [-0.2, -0.15) is 0 Å². The van der Waals surface area contributed by atoms with Gasteiger partial charge in [0.15, 0.2) is 0 Å². The first-order valence-corrected chi connectivity index (χ1v) is 6.82. The highest BCUT2D eigenvalue weighted by molar-refractivity contribution is 5.67. The minimum absolute atomic E-state index is 0.156. The van der Waals surface area contributed by atoms with Crippen LogP contribution in [-0.4, -0.2) is 53.2 Å². The van der Waals surface area contributed by atoms with Crippen molar-refractivity contribution in [3.05, 3.63) is 24.4 Å². The van der Waals surface area contributed by atoms with Crippen molar-refractivity contribution >= 4 is 11.8 Å². The molecule has 0 aromatic carbocycles. The van der Waals surface area contributed by atoms with E-state index in [4.69, 9.17) is 5.11 Å². The molecular weight excluding hydrogens is 242 g/mol. The van der Waals surface area contributed by atoms with Crippen molar-refractivity contribution in [2.45, 2.75) is 25.8 Å². The van der Waals surface area contributed by atoms with Crippen molar-refractivity contribution in [1.82, 2.24) is 9.88 Å². The van der Waals surface area contributed by atoms with Crippen LogP contribution in [0.5, 0.6) is 0 Å². The highest BCUT2D eigenvalue weighted by Gasteiger charge is 2.24. The van der Waals surface area contributed by atoms with Gasteiger partial charge in [0.05, 0.1) is 6.42 Å². The Bertz CT molecular complexity index is 402. The molecule has 104 valence electrons. The van der Waals surface area contributed by atoms with Gasteiger partial charge in [-0.1, -0.05) is 13.0 Å². The Kier molecular flexibility index (Phi) is 4.74. The first kappa shape index (κ1) is 13.8. The predicted octanol–water partition coefficient (Wildman–Crippen LogP) is 1.46. The number of piperazine rings is 1. The molecule has 1 aromatic heterocycles. The zero-order valence-electron chi connectivity index (χ0n) is 11.3. The maximum atomic E-state index is 10.8. The number of rotatable bonds is 5. The van der Waals surface area contributed by atoms with E-state index in [1.807, 2.05) is 18.2 Å². The second-order valence-corrected chi connectivity index (χ2v) is 4.87. The van der Waals surface area contributed by atoms with E-state index in [-0.39, 0.29) is 12.5 Å². The van der Waals surface area contributed by atoms with Crippen LogP contribution in [0.1, 0.15) is 19.8 Å². The van der Waals surface area contributed by atoms with Crippen LogP contribution < -0.4 is 4.90 Å². The Morgan fingerprint density at radius 3 is 2.63 bits per heavy atom. The maximum absolute atomic E-state index is 10.8. The van der Waals surface area contributed by atoms with Crippen LogP contribution >= 0.6 is 0 Å². The molecular formula is C14H21N3O2. The van der Waals surface area contributed by atoms with E-state index >= 15 is 0 Å². The summed E-state index contributed by atoms with van der Waals surface area (Å²) in [5, 5.41) is 8.93. The lowest BCUT2D eigenvalue weighted by Crippen LogP contribution is -2.51. The van der Waals surface area contributed by atoms with Crippen LogP contribution in [0.4, 0.5) is 5.82 Å². The largest absolute Gasteiger partial charge is 0.481 e. The Morgan fingerprint density at radius 2 is 2.11 bits per heavy atom. The molecule has 19 heavy (non-hydrogen) atoms. The summed E-state index contributed by atoms with van der Waals surface area (Å²) >= 11 is 0. The van der Waals surface area contributed by atoms with Gasteiger partial charge >= 0.3 is 5.97 Å². The smallest absolute Gasteiger partial charge is 0.304 e. The molecule has 0 saturated carbocycles. The quantitative estimate of drug-likeness (QED) is 0.871. The van der Waals surface area contributed by atoms with Gasteiger partial charge in [-0.25, -0.2) is 4.98 Å². The van der Waals surface area contributed by atoms with Crippen LogP contribution in [0, 0.1) is 0 Å². The monoisotopic (exact) mass is 263 g/mol. The van der Waals surface area contributed by atoms with E-state index in [2.05, 4.69) is 21.7 Å². The molecule has 1 N–H and O–H groups in total. The minimum atomic E-state index is -0.709. The second kappa shape index (κ2) is 6.52. The lowest BCUT2D eigenvalue weighted by molar-refractivity contribution is -0.138. The average molecular weight is 263 g/mol. The average Bonchev–Trinajstić information content (AvgIpc) is 2.46. The summed E-state index contributed by atoms with van der Waals surface area (Å²) < 4.78 is 0. The molecule has 2 heterocycles. The number of nitrogens with zero attached hydrogens (tertiary/aromatic N) is 3. The van der Waals surface area contributed by atoms with Crippen LogP contribution in [0.2, 0.25) is 0 Å². The van der Waals surface area contributed by atoms with E-state index < -0.39 is 5.97 Å². The first-order chi connectivity index (χ1) is 9.20. The summed E-state index contributed by atoms with van der Waals surface area (Å²) in [6.45, 7) is 5.68.